The van der Waals surface area contributed by atoms with E-state index in [1.807, 2.05) is 6.07 Å². The van der Waals surface area contributed by atoms with Gasteiger partial charge >= 0.3 is 5.97 Å². The first kappa shape index (κ1) is 30.3. The first-order valence-electron chi connectivity index (χ1n) is 13.9. The van der Waals surface area contributed by atoms with Crippen molar-refractivity contribution < 1.29 is 33.0 Å². The average molecular weight is 610 g/mol. The largest absolute Gasteiger partial charge is 0.469 e. The molecule has 0 saturated carbocycles. The van der Waals surface area contributed by atoms with Gasteiger partial charge in [0, 0.05) is 30.1 Å². The van der Waals surface area contributed by atoms with Gasteiger partial charge in [-0.25, -0.2) is 8.78 Å². The number of rotatable bonds is 4. The number of anilines is 1. The molecule has 11 heteroatoms. The molecule has 2 aromatic carbocycles. The SMILES string of the molecule is COC(=O)Cc1ccc2c(c1)NC(=O)[C@H](C)C(O)CC[C@H](N1CCC(c3c(F)ccc(Cl)c3F)=CC1=O)c1cc-2ccn1. The number of aliphatic hydroxyl groups is 1. The monoisotopic (exact) mass is 609 g/mol. The summed E-state index contributed by atoms with van der Waals surface area (Å²) in [6.45, 7) is 1.76. The Morgan fingerprint density at radius 3 is 2.70 bits per heavy atom. The molecule has 2 N–H and O–H groups in total. The molecule has 0 saturated heterocycles. The van der Waals surface area contributed by atoms with Crippen molar-refractivity contribution in [3.8, 4) is 11.1 Å². The Bertz CT molecular complexity index is 1630. The van der Waals surface area contributed by atoms with Crippen LogP contribution in [0.2, 0.25) is 5.02 Å². The summed E-state index contributed by atoms with van der Waals surface area (Å²) in [6.07, 6.45) is 2.43. The summed E-state index contributed by atoms with van der Waals surface area (Å²) in [7, 11) is 1.30. The van der Waals surface area contributed by atoms with Gasteiger partial charge in [-0.1, -0.05) is 30.7 Å². The number of aliphatic hydroxyl groups excluding tert-OH is 1. The number of nitrogens with one attached hydrogen (secondary N) is 1. The highest BCUT2D eigenvalue weighted by Crippen LogP contribution is 2.37. The second-order valence-electron chi connectivity index (χ2n) is 10.7. The second kappa shape index (κ2) is 12.6. The number of carbonyl (C=O) groups excluding carboxylic acids is 3. The topological polar surface area (TPSA) is 109 Å². The van der Waals surface area contributed by atoms with Gasteiger partial charge in [-0.05, 0) is 66.3 Å². The fourth-order valence-corrected chi connectivity index (χ4v) is 5.70. The van der Waals surface area contributed by atoms with E-state index in [2.05, 4.69) is 10.3 Å². The second-order valence-corrected chi connectivity index (χ2v) is 11.1. The first-order chi connectivity index (χ1) is 20.6. The zero-order valence-corrected chi connectivity index (χ0v) is 24.3. The Morgan fingerprint density at radius 1 is 1.16 bits per heavy atom. The maximum atomic E-state index is 14.7. The Labute approximate surface area is 252 Å². The zero-order chi connectivity index (χ0) is 30.8. The molecular formula is C32H30ClF2N3O5. The third-order valence-electron chi connectivity index (χ3n) is 8.02. The summed E-state index contributed by atoms with van der Waals surface area (Å²) in [5.41, 5.74) is 2.89. The minimum atomic E-state index is -1.03. The van der Waals surface area contributed by atoms with Gasteiger partial charge in [-0.2, -0.15) is 0 Å². The van der Waals surface area contributed by atoms with Crippen molar-refractivity contribution in [2.45, 2.75) is 44.8 Å². The van der Waals surface area contributed by atoms with Crippen molar-refractivity contribution in [1.29, 1.82) is 0 Å². The van der Waals surface area contributed by atoms with E-state index in [9.17, 15) is 28.3 Å². The Morgan fingerprint density at radius 2 is 1.95 bits per heavy atom. The first-order valence-corrected chi connectivity index (χ1v) is 14.2. The molecular weight excluding hydrogens is 580 g/mol. The van der Waals surface area contributed by atoms with E-state index in [0.717, 1.165) is 12.1 Å². The molecule has 3 atom stereocenters. The molecule has 1 unspecified atom stereocenters. The van der Waals surface area contributed by atoms with E-state index in [1.54, 1.807) is 42.3 Å². The van der Waals surface area contributed by atoms with Gasteiger partial charge in [0.2, 0.25) is 11.8 Å². The van der Waals surface area contributed by atoms with Crippen LogP contribution in [0.1, 0.15) is 49.0 Å². The molecule has 0 spiro atoms. The molecule has 0 fully saturated rings. The van der Waals surface area contributed by atoms with Crippen molar-refractivity contribution in [3.05, 3.63) is 88.2 Å². The van der Waals surface area contributed by atoms with Crippen molar-refractivity contribution >= 4 is 40.6 Å². The number of carbonyl (C=O) groups is 3. The van der Waals surface area contributed by atoms with E-state index in [4.69, 9.17) is 16.3 Å². The summed E-state index contributed by atoms with van der Waals surface area (Å²) in [4.78, 5) is 44.7. The van der Waals surface area contributed by atoms with Gasteiger partial charge in [0.25, 0.3) is 0 Å². The van der Waals surface area contributed by atoms with Crippen molar-refractivity contribution in [2.75, 3.05) is 19.0 Å². The van der Waals surface area contributed by atoms with Crippen LogP contribution < -0.4 is 5.32 Å². The fourth-order valence-electron chi connectivity index (χ4n) is 5.54. The summed E-state index contributed by atoms with van der Waals surface area (Å²) in [5, 5.41) is 13.6. The molecule has 5 rings (SSSR count). The number of aromatic nitrogens is 1. The number of esters is 1. The van der Waals surface area contributed by atoms with E-state index < -0.39 is 47.5 Å². The van der Waals surface area contributed by atoms with Crippen LogP contribution in [0.4, 0.5) is 14.5 Å². The zero-order valence-electron chi connectivity index (χ0n) is 23.6. The van der Waals surface area contributed by atoms with Crippen molar-refractivity contribution in [3.63, 3.8) is 0 Å². The number of ether oxygens (including phenoxy) is 1. The Hall–Kier alpha value is -4.15. The number of benzene rings is 2. The molecule has 2 aliphatic heterocycles. The molecule has 3 heterocycles. The smallest absolute Gasteiger partial charge is 0.309 e. The molecule has 224 valence electrons. The van der Waals surface area contributed by atoms with Crippen molar-refractivity contribution in [1.82, 2.24) is 9.88 Å². The molecule has 0 radical (unpaired) electrons. The lowest BCUT2D eigenvalue weighted by Crippen LogP contribution is -2.39. The van der Waals surface area contributed by atoms with Gasteiger partial charge < -0.3 is 20.1 Å². The normalized spacial score (nSPS) is 20.7. The highest BCUT2D eigenvalue weighted by atomic mass is 35.5. The number of amides is 2. The maximum Gasteiger partial charge on any atom is 0.309 e. The van der Waals surface area contributed by atoms with E-state index in [1.165, 1.54) is 13.2 Å². The highest BCUT2D eigenvalue weighted by molar-refractivity contribution is 6.31. The minimum Gasteiger partial charge on any atom is -0.469 e. The molecule has 3 aromatic rings. The average Bonchev–Trinajstić information content (AvgIpc) is 2.99. The molecule has 1 aromatic heterocycles. The van der Waals surface area contributed by atoms with Gasteiger partial charge in [-0.3, -0.25) is 19.4 Å². The highest BCUT2D eigenvalue weighted by Gasteiger charge is 2.33. The predicted molar refractivity (Wildman–Crippen MR) is 157 cm³/mol. The van der Waals surface area contributed by atoms with E-state index >= 15 is 0 Å². The summed E-state index contributed by atoms with van der Waals surface area (Å²) < 4.78 is 34.1. The minimum absolute atomic E-state index is 0.0110. The number of hydrogen-bond acceptors (Lipinski definition) is 6. The lowest BCUT2D eigenvalue weighted by atomic mass is 9.91. The molecule has 43 heavy (non-hydrogen) atoms. The van der Waals surface area contributed by atoms with Crippen LogP contribution >= 0.6 is 11.6 Å². The molecule has 2 bridgehead atoms. The number of methoxy groups -OCH3 is 1. The van der Waals surface area contributed by atoms with Crippen LogP contribution in [0, 0.1) is 17.6 Å². The van der Waals surface area contributed by atoms with Crippen LogP contribution in [0.3, 0.4) is 0 Å². The van der Waals surface area contributed by atoms with Crippen molar-refractivity contribution in [2.24, 2.45) is 5.92 Å². The standard InChI is InChI=1S/C32H30ClF2N3O5/c1-17-27(39)8-7-26(38-12-10-20(16-28(38)40)30-23(34)6-5-22(33)31(30)35)25-15-19(9-11-36-25)21-4-3-18(14-29(41)43-2)13-24(21)37-32(17)42/h3-6,9,11,13,15-17,26-27,39H,7-8,10,12,14H2,1-2H3,(H,37,42)/t17-,26+,27?/m1/s1. The lowest BCUT2D eigenvalue weighted by molar-refractivity contribution is -0.139. The fraction of sp³-hybridized carbons (Fsp3) is 0.312. The number of nitrogens with zero attached hydrogens (tertiary/aromatic N) is 2. The maximum absolute atomic E-state index is 14.7. The third-order valence-corrected chi connectivity index (χ3v) is 8.31. The summed E-state index contributed by atoms with van der Waals surface area (Å²) >= 11 is 5.88. The predicted octanol–water partition coefficient (Wildman–Crippen LogP) is 5.48. The number of pyridine rings is 1. The molecule has 8 nitrogen and oxygen atoms in total. The summed E-state index contributed by atoms with van der Waals surface area (Å²) in [6, 6.07) is 10.4. The number of fused-ring (bicyclic) bond motifs is 4. The van der Waals surface area contributed by atoms with Gasteiger partial charge in [0.05, 0.1) is 47.9 Å². The lowest BCUT2D eigenvalue weighted by Gasteiger charge is -2.35. The van der Waals surface area contributed by atoms with Gasteiger partial charge in [0.15, 0.2) is 5.82 Å². The van der Waals surface area contributed by atoms with Crippen LogP contribution in [0.15, 0.2) is 54.7 Å². The van der Waals surface area contributed by atoms with Gasteiger partial charge in [-0.15, -0.1) is 0 Å². The quantitative estimate of drug-likeness (QED) is 0.299. The number of hydrogen-bond donors (Lipinski definition) is 2. The Kier molecular flexibility index (Phi) is 8.89. The van der Waals surface area contributed by atoms with E-state index in [-0.39, 0.29) is 48.4 Å². The Balaban J connectivity index is 1.55. The van der Waals surface area contributed by atoms with Crippen LogP contribution in [-0.4, -0.2) is 52.5 Å². The van der Waals surface area contributed by atoms with Crippen LogP contribution in [0.5, 0.6) is 0 Å². The number of halogens is 3. The van der Waals surface area contributed by atoms with Crippen LogP contribution in [-0.2, 0) is 25.5 Å². The van der Waals surface area contributed by atoms with Crippen LogP contribution in [0.25, 0.3) is 16.7 Å². The molecule has 0 aliphatic carbocycles. The van der Waals surface area contributed by atoms with Gasteiger partial charge in [0.1, 0.15) is 5.82 Å². The molecule has 2 aliphatic rings. The summed E-state index contributed by atoms with van der Waals surface area (Å²) in [5.74, 6) is -3.81. The molecule has 2 amide bonds. The van der Waals surface area contributed by atoms with E-state index in [0.29, 0.717) is 28.1 Å². The third kappa shape index (κ3) is 6.30.